The second kappa shape index (κ2) is 5.97. The van der Waals surface area contributed by atoms with Gasteiger partial charge < -0.3 is 5.32 Å². The maximum Gasteiger partial charge on any atom is 0.436 e. The molecule has 8 heteroatoms. The lowest BCUT2D eigenvalue weighted by Crippen LogP contribution is -2.60. The molecule has 0 saturated heterocycles. The van der Waals surface area contributed by atoms with Gasteiger partial charge in [-0.25, -0.2) is 0 Å². The number of hydrogen-bond acceptors (Lipinski definition) is 2. The van der Waals surface area contributed by atoms with Crippen molar-refractivity contribution in [3.8, 4) is 0 Å². The lowest BCUT2D eigenvalue weighted by Gasteiger charge is -2.56. The third-order valence-electron chi connectivity index (χ3n) is 6.90. The van der Waals surface area contributed by atoms with Crippen LogP contribution in [0.3, 0.4) is 0 Å². The number of carbonyl (C=O) groups is 1. The standard InChI is InChI=1S/C19H23BrF3N3O/c20-15-16(13-1-2-13)26(25-17(15)19(21,22)23)9-14(27)24-18-6-10-3-11(7-18)5-12(4-10)8-18/h10-13H,1-9H2,(H,24,27). The van der Waals surface area contributed by atoms with Gasteiger partial charge in [0.05, 0.1) is 10.2 Å². The first kappa shape index (κ1) is 18.0. The van der Waals surface area contributed by atoms with Crippen LogP contribution in [0.4, 0.5) is 13.2 Å². The molecule has 4 bridgehead atoms. The van der Waals surface area contributed by atoms with Crippen molar-refractivity contribution in [1.29, 1.82) is 0 Å². The van der Waals surface area contributed by atoms with Crippen molar-refractivity contribution in [1.82, 2.24) is 15.1 Å². The minimum absolute atomic E-state index is 0.0000968. The highest BCUT2D eigenvalue weighted by Crippen LogP contribution is 2.55. The number of halogens is 4. The minimum atomic E-state index is -4.52. The number of nitrogens with one attached hydrogen (secondary N) is 1. The van der Waals surface area contributed by atoms with Crippen LogP contribution in [0.1, 0.15) is 68.7 Å². The molecule has 0 atom stereocenters. The van der Waals surface area contributed by atoms with E-state index in [2.05, 4.69) is 26.3 Å². The summed E-state index contributed by atoms with van der Waals surface area (Å²) < 4.78 is 41.0. The fourth-order valence-electron chi connectivity index (χ4n) is 6.24. The summed E-state index contributed by atoms with van der Waals surface area (Å²) in [6, 6.07) is 0. The van der Waals surface area contributed by atoms with E-state index in [0.717, 1.165) is 32.1 Å². The Morgan fingerprint density at radius 1 is 1.15 bits per heavy atom. The average molecular weight is 446 g/mol. The Hall–Kier alpha value is -1.05. The number of aromatic nitrogens is 2. The summed E-state index contributed by atoms with van der Waals surface area (Å²) in [6.07, 6.45) is 4.08. The highest BCUT2D eigenvalue weighted by Gasteiger charge is 2.51. The second-order valence-electron chi connectivity index (χ2n) is 9.22. The third kappa shape index (κ3) is 3.21. The molecule has 5 aliphatic carbocycles. The van der Waals surface area contributed by atoms with Crippen molar-refractivity contribution in [3.63, 3.8) is 0 Å². The smallest absolute Gasteiger partial charge is 0.349 e. The van der Waals surface area contributed by atoms with Gasteiger partial charge in [0.1, 0.15) is 6.54 Å². The third-order valence-corrected chi connectivity index (χ3v) is 7.68. The number of nitrogens with zero attached hydrogens (tertiary/aromatic N) is 2. The van der Waals surface area contributed by atoms with E-state index in [1.54, 1.807) is 0 Å². The molecule has 148 valence electrons. The summed E-state index contributed by atoms with van der Waals surface area (Å²) in [4.78, 5) is 12.8. The Kier molecular flexibility index (Phi) is 3.98. The largest absolute Gasteiger partial charge is 0.436 e. The van der Waals surface area contributed by atoms with Crippen molar-refractivity contribution in [2.45, 2.75) is 75.5 Å². The molecule has 4 nitrogen and oxygen atoms in total. The van der Waals surface area contributed by atoms with Crippen LogP contribution < -0.4 is 5.32 Å². The molecule has 0 aliphatic heterocycles. The van der Waals surface area contributed by atoms with Crippen LogP contribution in [0.15, 0.2) is 4.47 Å². The zero-order valence-corrected chi connectivity index (χ0v) is 16.6. The summed E-state index contributed by atoms with van der Waals surface area (Å²) in [5, 5.41) is 6.99. The van der Waals surface area contributed by atoms with Gasteiger partial charge in [-0.1, -0.05) is 0 Å². The van der Waals surface area contributed by atoms with E-state index in [0.29, 0.717) is 23.4 Å². The van der Waals surface area contributed by atoms with Crippen molar-refractivity contribution in [2.75, 3.05) is 0 Å². The van der Waals surface area contributed by atoms with E-state index in [-0.39, 0.29) is 28.4 Å². The summed E-state index contributed by atoms with van der Waals surface area (Å²) >= 11 is 3.09. The van der Waals surface area contributed by atoms with Crippen LogP contribution in [0.2, 0.25) is 0 Å². The molecule has 5 saturated carbocycles. The number of alkyl halides is 3. The minimum Gasteiger partial charge on any atom is -0.349 e. The molecule has 27 heavy (non-hydrogen) atoms. The van der Waals surface area contributed by atoms with E-state index in [4.69, 9.17) is 0 Å². The van der Waals surface area contributed by atoms with Gasteiger partial charge in [-0.05, 0) is 85.1 Å². The lowest BCUT2D eigenvalue weighted by molar-refractivity contribution is -0.142. The summed E-state index contributed by atoms with van der Waals surface area (Å²) in [7, 11) is 0. The van der Waals surface area contributed by atoms with E-state index in [9.17, 15) is 18.0 Å². The summed E-state index contributed by atoms with van der Waals surface area (Å²) in [5.74, 6) is 1.97. The summed E-state index contributed by atoms with van der Waals surface area (Å²) in [6.45, 7) is -0.137. The normalized spacial score (nSPS) is 34.9. The Balaban J connectivity index is 1.36. The molecule has 1 aromatic heterocycles. The second-order valence-corrected chi connectivity index (χ2v) is 10.0. The van der Waals surface area contributed by atoms with E-state index < -0.39 is 11.9 Å². The highest BCUT2D eigenvalue weighted by molar-refractivity contribution is 9.10. The van der Waals surface area contributed by atoms with Crippen LogP contribution in [-0.2, 0) is 17.5 Å². The fraction of sp³-hybridized carbons (Fsp3) is 0.789. The molecule has 0 unspecified atom stereocenters. The van der Waals surface area contributed by atoms with Gasteiger partial charge in [0, 0.05) is 11.5 Å². The molecule has 5 aliphatic rings. The number of hydrogen-bond donors (Lipinski definition) is 1. The highest BCUT2D eigenvalue weighted by atomic mass is 79.9. The van der Waals surface area contributed by atoms with E-state index in [1.807, 2.05) is 0 Å². The molecular formula is C19H23BrF3N3O. The molecular weight excluding hydrogens is 423 g/mol. The Bertz CT molecular complexity index is 749. The first-order valence-corrected chi connectivity index (χ1v) is 10.7. The zero-order valence-electron chi connectivity index (χ0n) is 15.0. The molecule has 1 N–H and O–H groups in total. The van der Waals surface area contributed by atoms with Gasteiger partial charge in [0.15, 0.2) is 5.69 Å². The number of amides is 1. The molecule has 6 rings (SSSR count). The van der Waals surface area contributed by atoms with Gasteiger partial charge in [0.2, 0.25) is 5.91 Å². The van der Waals surface area contributed by atoms with Crippen LogP contribution in [0, 0.1) is 17.8 Å². The first-order valence-electron chi connectivity index (χ1n) is 9.87. The predicted molar refractivity (Wildman–Crippen MR) is 95.9 cm³/mol. The monoisotopic (exact) mass is 445 g/mol. The molecule has 1 aromatic rings. The Morgan fingerprint density at radius 3 is 2.19 bits per heavy atom. The van der Waals surface area contributed by atoms with Crippen molar-refractivity contribution >= 4 is 21.8 Å². The zero-order chi connectivity index (χ0) is 19.0. The van der Waals surface area contributed by atoms with Crippen LogP contribution in [0.5, 0.6) is 0 Å². The van der Waals surface area contributed by atoms with Gasteiger partial charge in [-0.2, -0.15) is 18.3 Å². The molecule has 1 heterocycles. The van der Waals surface area contributed by atoms with Crippen molar-refractivity contribution in [2.24, 2.45) is 17.8 Å². The molecule has 5 fully saturated rings. The summed E-state index contributed by atoms with van der Waals surface area (Å²) in [5.41, 5.74) is -0.544. The van der Waals surface area contributed by atoms with E-state index in [1.165, 1.54) is 23.9 Å². The topological polar surface area (TPSA) is 46.9 Å². The van der Waals surface area contributed by atoms with Crippen LogP contribution in [-0.4, -0.2) is 21.2 Å². The lowest BCUT2D eigenvalue weighted by atomic mass is 9.53. The Morgan fingerprint density at radius 2 is 1.70 bits per heavy atom. The van der Waals surface area contributed by atoms with Crippen LogP contribution in [0.25, 0.3) is 0 Å². The molecule has 0 aromatic carbocycles. The van der Waals surface area contributed by atoms with Gasteiger partial charge in [-0.3, -0.25) is 9.48 Å². The number of carbonyl (C=O) groups excluding carboxylic acids is 1. The quantitative estimate of drug-likeness (QED) is 0.734. The molecule has 0 radical (unpaired) electrons. The van der Waals surface area contributed by atoms with Crippen molar-refractivity contribution < 1.29 is 18.0 Å². The van der Waals surface area contributed by atoms with Crippen molar-refractivity contribution in [3.05, 3.63) is 15.9 Å². The van der Waals surface area contributed by atoms with Gasteiger partial charge in [0.25, 0.3) is 0 Å². The van der Waals surface area contributed by atoms with E-state index >= 15 is 0 Å². The van der Waals surface area contributed by atoms with Gasteiger partial charge in [-0.15, -0.1) is 0 Å². The number of rotatable bonds is 4. The average Bonchev–Trinajstić information content (AvgIpc) is 3.28. The maximum absolute atomic E-state index is 13.2. The molecule has 1 amide bonds. The van der Waals surface area contributed by atoms with Gasteiger partial charge >= 0.3 is 6.18 Å². The Labute approximate surface area is 164 Å². The first-order chi connectivity index (χ1) is 12.7. The maximum atomic E-state index is 13.2. The predicted octanol–water partition coefficient (Wildman–Crippen LogP) is 4.63. The molecule has 0 spiro atoms. The SMILES string of the molecule is O=C(Cn1nc(C(F)(F)F)c(Br)c1C1CC1)NC12CC3CC(CC(C3)C1)C2. The fourth-order valence-corrected chi connectivity index (χ4v) is 7.07. The van der Waals surface area contributed by atoms with Crippen LogP contribution >= 0.6 is 15.9 Å².